The number of morpholine rings is 1. The number of alkyl halides is 3. The lowest BCUT2D eigenvalue weighted by Gasteiger charge is -2.32. The van der Waals surface area contributed by atoms with Crippen molar-refractivity contribution >= 4 is 5.91 Å². The van der Waals surface area contributed by atoms with Gasteiger partial charge in [0.25, 0.3) is 0 Å². The van der Waals surface area contributed by atoms with Gasteiger partial charge >= 0.3 is 6.18 Å². The summed E-state index contributed by atoms with van der Waals surface area (Å²) in [6.07, 6.45) is -4.33. The Kier molecular flexibility index (Phi) is 5.51. The molecule has 1 amide bonds. The van der Waals surface area contributed by atoms with Crippen LogP contribution in [0.15, 0.2) is 36.4 Å². The zero-order valence-corrected chi connectivity index (χ0v) is 15.2. The normalized spacial score (nSPS) is 17.8. The van der Waals surface area contributed by atoms with Crippen molar-refractivity contribution in [1.29, 1.82) is 0 Å². The van der Waals surface area contributed by atoms with Crippen LogP contribution in [0.1, 0.15) is 41.1 Å². The quantitative estimate of drug-likeness (QED) is 0.813. The Morgan fingerprint density at radius 3 is 2.74 bits per heavy atom. The maximum atomic E-state index is 12.9. The van der Waals surface area contributed by atoms with Crippen molar-refractivity contribution < 1.29 is 22.7 Å². The molecule has 144 valence electrons. The van der Waals surface area contributed by atoms with Gasteiger partial charge in [0.05, 0.1) is 24.4 Å². The largest absolute Gasteiger partial charge is 0.416 e. The Bertz CT molecular complexity index is 836. The zero-order chi connectivity index (χ0) is 19.6. The first kappa shape index (κ1) is 19.4. The van der Waals surface area contributed by atoms with Crippen molar-refractivity contribution in [3.8, 4) is 0 Å². The number of ether oxygens (including phenoxy) is 1. The van der Waals surface area contributed by atoms with E-state index in [0.29, 0.717) is 37.4 Å². The summed E-state index contributed by atoms with van der Waals surface area (Å²) in [5.74, 6) is -0.0138. The predicted molar refractivity (Wildman–Crippen MR) is 94.2 cm³/mol. The molecule has 1 aliphatic rings. The fourth-order valence-corrected chi connectivity index (χ4v) is 3.24. The van der Waals surface area contributed by atoms with Crippen molar-refractivity contribution in [3.63, 3.8) is 0 Å². The second kappa shape index (κ2) is 7.68. The molecule has 7 heteroatoms. The number of aryl methyl sites for hydroxylation is 1. The lowest BCUT2D eigenvalue weighted by atomic mass is 10.0. The van der Waals surface area contributed by atoms with Crippen molar-refractivity contribution in [1.82, 2.24) is 9.88 Å². The number of carbonyl (C=O) groups is 1. The Morgan fingerprint density at radius 1 is 1.26 bits per heavy atom. The molecular weight excluding hydrogens is 357 g/mol. The van der Waals surface area contributed by atoms with E-state index in [-0.39, 0.29) is 12.0 Å². The maximum absolute atomic E-state index is 12.9. The summed E-state index contributed by atoms with van der Waals surface area (Å²) < 4.78 is 44.5. The van der Waals surface area contributed by atoms with Gasteiger partial charge in [0.2, 0.25) is 5.91 Å². The molecule has 0 unspecified atom stereocenters. The second-order valence-electron chi connectivity index (χ2n) is 6.74. The number of hydrogen-bond donors (Lipinski definition) is 0. The molecule has 3 rings (SSSR count). The predicted octanol–water partition coefficient (Wildman–Crippen LogP) is 3.92. The number of halogens is 3. The highest BCUT2D eigenvalue weighted by Gasteiger charge is 2.30. The fraction of sp³-hybridized carbons (Fsp3) is 0.400. The Morgan fingerprint density at radius 2 is 2.04 bits per heavy atom. The average Bonchev–Trinajstić information content (AvgIpc) is 2.61. The average molecular weight is 378 g/mol. The highest BCUT2D eigenvalue weighted by atomic mass is 19.4. The van der Waals surface area contributed by atoms with E-state index in [1.165, 1.54) is 19.1 Å². The van der Waals surface area contributed by atoms with E-state index >= 15 is 0 Å². The summed E-state index contributed by atoms with van der Waals surface area (Å²) in [5, 5.41) is 0. The van der Waals surface area contributed by atoms with Crippen LogP contribution < -0.4 is 0 Å². The van der Waals surface area contributed by atoms with Crippen LogP contribution in [0.4, 0.5) is 13.2 Å². The third-order valence-corrected chi connectivity index (χ3v) is 4.54. The molecule has 1 fully saturated rings. The SMILES string of the molecule is CC(=O)N1CCO[C@@H](c2cc(Cc3cccc(C(F)(F)F)c3)cc(C)n2)C1. The van der Waals surface area contributed by atoms with E-state index in [2.05, 4.69) is 4.98 Å². The summed E-state index contributed by atoms with van der Waals surface area (Å²) in [5.41, 5.74) is 2.25. The molecule has 1 aliphatic heterocycles. The lowest BCUT2D eigenvalue weighted by molar-refractivity contribution is -0.138. The molecule has 0 radical (unpaired) electrons. The van der Waals surface area contributed by atoms with E-state index in [1.54, 1.807) is 11.0 Å². The van der Waals surface area contributed by atoms with Gasteiger partial charge in [-0.25, -0.2) is 0 Å². The number of rotatable bonds is 3. The fourth-order valence-electron chi connectivity index (χ4n) is 3.24. The molecule has 2 heterocycles. The van der Waals surface area contributed by atoms with Gasteiger partial charge in [-0.3, -0.25) is 9.78 Å². The summed E-state index contributed by atoms with van der Waals surface area (Å²) in [6.45, 7) is 4.77. The van der Waals surface area contributed by atoms with Gasteiger partial charge in [-0.1, -0.05) is 18.2 Å². The van der Waals surface area contributed by atoms with E-state index < -0.39 is 11.7 Å². The summed E-state index contributed by atoms with van der Waals surface area (Å²) >= 11 is 0. The van der Waals surface area contributed by atoms with Gasteiger partial charge in [-0.2, -0.15) is 13.2 Å². The third-order valence-electron chi connectivity index (χ3n) is 4.54. The molecule has 2 aromatic rings. The van der Waals surface area contributed by atoms with E-state index in [9.17, 15) is 18.0 Å². The van der Waals surface area contributed by atoms with Crippen LogP contribution >= 0.6 is 0 Å². The molecule has 1 aromatic heterocycles. The van der Waals surface area contributed by atoms with Crippen LogP contribution in [0.2, 0.25) is 0 Å². The molecule has 0 aliphatic carbocycles. The Labute approximate surface area is 156 Å². The number of carbonyl (C=O) groups excluding carboxylic acids is 1. The second-order valence-corrected chi connectivity index (χ2v) is 6.74. The Hall–Kier alpha value is -2.41. The van der Waals surface area contributed by atoms with Gasteiger partial charge in [0.15, 0.2) is 0 Å². The standard InChI is InChI=1S/C20H21F3N2O2/c1-13-8-16(9-15-4-3-5-17(10-15)20(21,22)23)11-18(24-13)19-12-25(14(2)26)6-7-27-19/h3-5,8,10-11,19H,6-7,9,12H2,1-2H3/t19-/m1/s1. The van der Waals surface area contributed by atoms with Gasteiger partial charge in [0.1, 0.15) is 6.10 Å². The lowest BCUT2D eigenvalue weighted by Crippen LogP contribution is -2.41. The summed E-state index contributed by atoms with van der Waals surface area (Å²) in [7, 11) is 0. The monoisotopic (exact) mass is 378 g/mol. The first-order chi connectivity index (χ1) is 12.7. The highest BCUT2D eigenvalue weighted by Crippen LogP contribution is 2.30. The van der Waals surface area contributed by atoms with Crippen LogP contribution in [-0.4, -0.2) is 35.5 Å². The van der Waals surface area contributed by atoms with Crippen molar-refractivity contribution in [3.05, 3.63) is 64.5 Å². The van der Waals surface area contributed by atoms with Crippen LogP contribution in [0, 0.1) is 6.92 Å². The number of nitrogens with zero attached hydrogens (tertiary/aromatic N) is 2. The van der Waals surface area contributed by atoms with E-state index in [4.69, 9.17) is 4.74 Å². The molecule has 1 atom stereocenters. The number of amides is 1. The highest BCUT2D eigenvalue weighted by molar-refractivity contribution is 5.73. The molecule has 4 nitrogen and oxygen atoms in total. The van der Waals surface area contributed by atoms with Gasteiger partial charge in [-0.05, 0) is 42.7 Å². The molecule has 1 aromatic carbocycles. The van der Waals surface area contributed by atoms with Gasteiger partial charge in [0, 0.05) is 19.2 Å². The van der Waals surface area contributed by atoms with Crippen molar-refractivity contribution in [2.45, 2.75) is 32.5 Å². The molecule has 1 saturated heterocycles. The third kappa shape index (κ3) is 4.86. The smallest absolute Gasteiger partial charge is 0.368 e. The Balaban J connectivity index is 1.83. The van der Waals surface area contributed by atoms with Gasteiger partial charge in [-0.15, -0.1) is 0 Å². The first-order valence-corrected chi connectivity index (χ1v) is 8.73. The molecule has 0 saturated carbocycles. The van der Waals surface area contributed by atoms with Crippen LogP contribution in [-0.2, 0) is 22.1 Å². The van der Waals surface area contributed by atoms with Crippen molar-refractivity contribution in [2.75, 3.05) is 19.7 Å². The van der Waals surface area contributed by atoms with Crippen LogP contribution in [0.3, 0.4) is 0 Å². The number of benzene rings is 1. The molecule has 27 heavy (non-hydrogen) atoms. The first-order valence-electron chi connectivity index (χ1n) is 8.73. The number of hydrogen-bond acceptors (Lipinski definition) is 3. The molecule has 0 spiro atoms. The molecule has 0 N–H and O–H groups in total. The minimum absolute atomic E-state index is 0.0138. The number of pyridine rings is 1. The molecular formula is C20H21F3N2O2. The van der Waals surface area contributed by atoms with E-state index in [0.717, 1.165) is 17.3 Å². The number of aromatic nitrogens is 1. The minimum Gasteiger partial charge on any atom is -0.368 e. The van der Waals surface area contributed by atoms with Crippen molar-refractivity contribution in [2.24, 2.45) is 0 Å². The molecule has 0 bridgehead atoms. The van der Waals surface area contributed by atoms with Crippen LogP contribution in [0.5, 0.6) is 0 Å². The maximum Gasteiger partial charge on any atom is 0.416 e. The van der Waals surface area contributed by atoms with E-state index in [1.807, 2.05) is 19.1 Å². The van der Waals surface area contributed by atoms with Gasteiger partial charge < -0.3 is 9.64 Å². The van der Waals surface area contributed by atoms with Crippen LogP contribution in [0.25, 0.3) is 0 Å². The minimum atomic E-state index is -4.36. The summed E-state index contributed by atoms with van der Waals surface area (Å²) in [4.78, 5) is 17.8. The summed E-state index contributed by atoms with van der Waals surface area (Å²) in [6, 6.07) is 9.04. The topological polar surface area (TPSA) is 42.4 Å². The zero-order valence-electron chi connectivity index (χ0n) is 15.2.